The lowest BCUT2D eigenvalue weighted by molar-refractivity contribution is 0.929. The van der Waals surface area contributed by atoms with Crippen LogP contribution in [0.1, 0.15) is 5.82 Å². The Bertz CT molecular complexity index is 386. The summed E-state index contributed by atoms with van der Waals surface area (Å²) in [6.07, 6.45) is 5.29. The van der Waals surface area contributed by atoms with Crippen molar-refractivity contribution < 1.29 is 0 Å². The van der Waals surface area contributed by atoms with Gasteiger partial charge in [-0.1, -0.05) is 0 Å². The van der Waals surface area contributed by atoms with Crippen LogP contribution in [-0.4, -0.2) is 35.3 Å². The van der Waals surface area contributed by atoms with Gasteiger partial charge < -0.3 is 5.32 Å². The molecule has 0 saturated heterocycles. The van der Waals surface area contributed by atoms with Gasteiger partial charge in [0.25, 0.3) is 0 Å². The van der Waals surface area contributed by atoms with Gasteiger partial charge in [-0.15, -0.1) is 0 Å². The van der Waals surface area contributed by atoms with Gasteiger partial charge in [-0.05, 0) is 6.07 Å². The molecular formula is C10H14N6S. The molecule has 0 fully saturated rings. The number of thioether (sulfide) groups is 1. The first-order valence-corrected chi connectivity index (χ1v) is 6.21. The molecule has 0 aliphatic rings. The summed E-state index contributed by atoms with van der Waals surface area (Å²) < 4.78 is 0. The number of nitrogens with one attached hydrogen (secondary N) is 2. The average molecular weight is 250 g/mol. The molecule has 0 atom stereocenters. The smallest absolute Gasteiger partial charge is 0.204 e. The minimum Gasteiger partial charge on any atom is -0.355 e. The minimum atomic E-state index is 0.490. The lowest BCUT2D eigenvalue weighted by atomic mass is 10.6. The summed E-state index contributed by atoms with van der Waals surface area (Å²) >= 11 is 1.72. The third-order valence-corrected chi connectivity index (χ3v) is 2.74. The molecule has 0 aliphatic heterocycles. The van der Waals surface area contributed by atoms with Crippen molar-refractivity contribution in [2.45, 2.75) is 5.75 Å². The molecule has 1 aromatic heterocycles. The summed E-state index contributed by atoms with van der Waals surface area (Å²) in [5, 5.41) is 13.9. The number of aromatic nitrogens is 2. The first-order valence-electron chi connectivity index (χ1n) is 5.06. The molecular weight excluding hydrogens is 236 g/mol. The number of guanidine groups is 1. The van der Waals surface area contributed by atoms with Crippen LogP contribution in [0, 0.1) is 11.5 Å². The van der Waals surface area contributed by atoms with Crippen molar-refractivity contribution in [1.82, 2.24) is 20.6 Å². The van der Waals surface area contributed by atoms with E-state index < -0.39 is 0 Å². The van der Waals surface area contributed by atoms with Crippen LogP contribution in [0.25, 0.3) is 0 Å². The van der Waals surface area contributed by atoms with E-state index in [1.54, 1.807) is 37.3 Å². The van der Waals surface area contributed by atoms with Crippen LogP contribution in [0.15, 0.2) is 23.5 Å². The molecule has 90 valence electrons. The Labute approximate surface area is 105 Å². The standard InChI is InChI=1S/C10H14N6S/c1-12-10(16-8-11)15-5-6-17-7-9-13-3-2-4-14-9/h2-4H,5-7H2,1H3,(H2,12,15,16). The average Bonchev–Trinajstić information content (AvgIpc) is 2.38. The first kappa shape index (κ1) is 13.3. The number of nitrogens with zero attached hydrogens (tertiary/aromatic N) is 4. The Hall–Kier alpha value is -1.81. The molecule has 17 heavy (non-hydrogen) atoms. The molecule has 0 bridgehead atoms. The summed E-state index contributed by atoms with van der Waals surface area (Å²) in [5.41, 5.74) is 0. The molecule has 6 nitrogen and oxygen atoms in total. The van der Waals surface area contributed by atoms with Gasteiger partial charge in [-0.3, -0.25) is 10.3 Å². The molecule has 7 heteroatoms. The van der Waals surface area contributed by atoms with Crippen molar-refractivity contribution in [3.8, 4) is 6.19 Å². The van der Waals surface area contributed by atoms with Crippen molar-refractivity contribution >= 4 is 17.7 Å². The summed E-state index contributed by atoms with van der Waals surface area (Å²) in [7, 11) is 1.62. The Morgan fingerprint density at radius 1 is 1.53 bits per heavy atom. The van der Waals surface area contributed by atoms with E-state index in [1.807, 2.05) is 6.19 Å². The summed E-state index contributed by atoms with van der Waals surface area (Å²) in [6.45, 7) is 0.735. The predicted molar refractivity (Wildman–Crippen MR) is 68.3 cm³/mol. The zero-order valence-corrected chi connectivity index (χ0v) is 10.4. The molecule has 0 spiro atoms. The maximum Gasteiger partial charge on any atom is 0.204 e. The lowest BCUT2D eigenvalue weighted by Crippen LogP contribution is -2.35. The molecule has 1 aromatic rings. The molecule has 0 unspecified atom stereocenters. The van der Waals surface area contributed by atoms with Gasteiger partial charge in [0.1, 0.15) is 5.82 Å². The largest absolute Gasteiger partial charge is 0.355 e. The van der Waals surface area contributed by atoms with Crippen molar-refractivity contribution in [1.29, 1.82) is 5.26 Å². The SMILES string of the molecule is CN=C(NC#N)NCCSCc1ncccn1. The fraction of sp³-hybridized carbons (Fsp3) is 0.400. The van der Waals surface area contributed by atoms with E-state index in [0.717, 1.165) is 23.9 Å². The number of hydrogen-bond donors (Lipinski definition) is 2. The number of rotatable bonds is 5. The zero-order chi connectivity index (χ0) is 12.3. The topological polar surface area (TPSA) is 86.0 Å². The third-order valence-electron chi connectivity index (χ3n) is 1.79. The quantitative estimate of drug-likeness (QED) is 0.258. The van der Waals surface area contributed by atoms with Crippen molar-refractivity contribution in [3.05, 3.63) is 24.3 Å². The number of aliphatic imine (C=N–C) groups is 1. The second kappa shape index (κ2) is 8.35. The van der Waals surface area contributed by atoms with E-state index in [-0.39, 0.29) is 0 Å². The number of hydrogen-bond acceptors (Lipinski definition) is 5. The van der Waals surface area contributed by atoms with Crippen LogP contribution >= 0.6 is 11.8 Å². The van der Waals surface area contributed by atoms with Crippen LogP contribution in [-0.2, 0) is 5.75 Å². The fourth-order valence-electron chi connectivity index (χ4n) is 1.04. The third kappa shape index (κ3) is 5.73. The van der Waals surface area contributed by atoms with Crippen LogP contribution in [0.5, 0.6) is 0 Å². The molecule has 0 saturated carbocycles. The zero-order valence-electron chi connectivity index (χ0n) is 9.55. The van der Waals surface area contributed by atoms with Gasteiger partial charge in [0.05, 0.1) is 5.75 Å². The van der Waals surface area contributed by atoms with E-state index >= 15 is 0 Å². The van der Waals surface area contributed by atoms with Gasteiger partial charge in [0.2, 0.25) is 5.96 Å². The van der Waals surface area contributed by atoms with Crippen LogP contribution < -0.4 is 10.6 Å². The highest BCUT2D eigenvalue weighted by atomic mass is 32.2. The Kier molecular flexibility index (Phi) is 6.51. The van der Waals surface area contributed by atoms with Crippen LogP contribution in [0.4, 0.5) is 0 Å². The van der Waals surface area contributed by atoms with E-state index in [2.05, 4.69) is 25.6 Å². The van der Waals surface area contributed by atoms with Gasteiger partial charge in [0.15, 0.2) is 6.19 Å². The maximum absolute atomic E-state index is 8.42. The first-order chi connectivity index (χ1) is 8.36. The van der Waals surface area contributed by atoms with Gasteiger partial charge in [-0.25, -0.2) is 9.97 Å². The van der Waals surface area contributed by atoms with E-state index in [1.165, 1.54) is 0 Å². The van der Waals surface area contributed by atoms with Gasteiger partial charge in [0, 0.05) is 31.7 Å². The summed E-state index contributed by atoms with van der Waals surface area (Å²) in [6, 6.07) is 1.80. The minimum absolute atomic E-state index is 0.490. The Morgan fingerprint density at radius 2 is 2.29 bits per heavy atom. The Balaban J connectivity index is 2.11. The molecule has 2 N–H and O–H groups in total. The van der Waals surface area contributed by atoms with Gasteiger partial charge >= 0.3 is 0 Å². The predicted octanol–water partition coefficient (Wildman–Crippen LogP) is 0.356. The number of nitriles is 1. The van der Waals surface area contributed by atoms with E-state index in [0.29, 0.717) is 5.96 Å². The molecule has 0 aliphatic carbocycles. The van der Waals surface area contributed by atoms with Crippen molar-refractivity contribution in [2.24, 2.45) is 4.99 Å². The van der Waals surface area contributed by atoms with Crippen LogP contribution in [0.2, 0.25) is 0 Å². The van der Waals surface area contributed by atoms with Crippen molar-refractivity contribution in [3.63, 3.8) is 0 Å². The van der Waals surface area contributed by atoms with E-state index in [9.17, 15) is 0 Å². The highest BCUT2D eigenvalue weighted by Gasteiger charge is 1.97. The molecule has 1 rings (SSSR count). The van der Waals surface area contributed by atoms with E-state index in [4.69, 9.17) is 5.26 Å². The highest BCUT2D eigenvalue weighted by Crippen LogP contribution is 2.05. The van der Waals surface area contributed by atoms with Crippen LogP contribution in [0.3, 0.4) is 0 Å². The fourth-order valence-corrected chi connectivity index (χ4v) is 1.76. The summed E-state index contributed by atoms with van der Waals surface area (Å²) in [5.74, 6) is 3.00. The molecule has 0 radical (unpaired) electrons. The Morgan fingerprint density at radius 3 is 2.94 bits per heavy atom. The second-order valence-electron chi connectivity index (χ2n) is 2.95. The molecule has 0 amide bonds. The summed E-state index contributed by atoms with van der Waals surface area (Å²) in [4.78, 5) is 12.1. The molecule has 1 heterocycles. The van der Waals surface area contributed by atoms with Gasteiger partial charge in [-0.2, -0.15) is 17.0 Å². The van der Waals surface area contributed by atoms with Crippen molar-refractivity contribution in [2.75, 3.05) is 19.3 Å². The highest BCUT2D eigenvalue weighted by molar-refractivity contribution is 7.98. The lowest BCUT2D eigenvalue weighted by Gasteiger charge is -2.06. The maximum atomic E-state index is 8.42. The monoisotopic (exact) mass is 250 g/mol. The molecule has 0 aromatic carbocycles. The normalized spacial score (nSPS) is 10.7. The second-order valence-corrected chi connectivity index (χ2v) is 4.06.